The number of hydrogen-bond donors (Lipinski definition) is 3. The van der Waals surface area contributed by atoms with Gasteiger partial charge in [-0.3, -0.25) is 4.79 Å². The molecule has 0 amide bonds. The Morgan fingerprint density at radius 3 is 2.84 bits per heavy atom. The van der Waals surface area contributed by atoms with Crippen LogP contribution in [0.4, 0.5) is 0 Å². The topological polar surface area (TPSA) is 87.0 Å². The van der Waals surface area contributed by atoms with Crippen molar-refractivity contribution in [1.29, 1.82) is 0 Å². The van der Waals surface area contributed by atoms with Crippen molar-refractivity contribution >= 4 is 17.6 Å². The first-order chi connectivity index (χ1) is 15.4. The first-order valence-electron chi connectivity index (χ1n) is 11.6. The zero-order chi connectivity index (χ0) is 23.3. The van der Waals surface area contributed by atoms with Gasteiger partial charge in [-0.2, -0.15) is 0 Å². The van der Waals surface area contributed by atoms with Crippen molar-refractivity contribution in [2.75, 3.05) is 6.61 Å². The average molecular weight is 465 g/mol. The van der Waals surface area contributed by atoms with Crippen LogP contribution in [-0.2, 0) is 22.6 Å². The van der Waals surface area contributed by atoms with E-state index in [2.05, 4.69) is 13.0 Å². The number of alkyl halides is 1. The molecule has 5 atom stereocenters. The lowest BCUT2D eigenvalue weighted by molar-refractivity contribution is -0.137. The number of benzene rings is 1. The Morgan fingerprint density at radius 1 is 1.31 bits per heavy atom. The van der Waals surface area contributed by atoms with E-state index in [-0.39, 0.29) is 23.6 Å². The Hall–Kier alpha value is -1.66. The monoisotopic (exact) mass is 464 g/mol. The van der Waals surface area contributed by atoms with E-state index >= 15 is 0 Å². The summed E-state index contributed by atoms with van der Waals surface area (Å²) in [6.07, 6.45) is 10.8. The van der Waals surface area contributed by atoms with Gasteiger partial charge in [-0.25, -0.2) is 0 Å². The molecule has 1 unspecified atom stereocenters. The number of halogens is 1. The van der Waals surface area contributed by atoms with Crippen molar-refractivity contribution in [1.82, 2.24) is 0 Å². The van der Waals surface area contributed by atoms with Crippen LogP contribution in [-0.4, -0.2) is 45.5 Å². The Morgan fingerprint density at radius 2 is 2.09 bits per heavy atom. The maximum Gasteiger partial charge on any atom is 0.303 e. The second-order valence-corrected chi connectivity index (χ2v) is 9.14. The molecule has 6 heteroatoms. The summed E-state index contributed by atoms with van der Waals surface area (Å²) >= 11 is 6.48. The van der Waals surface area contributed by atoms with Gasteiger partial charge in [0.25, 0.3) is 0 Å². The van der Waals surface area contributed by atoms with E-state index in [1.807, 2.05) is 36.4 Å². The van der Waals surface area contributed by atoms with Gasteiger partial charge in [-0.05, 0) is 49.1 Å². The van der Waals surface area contributed by atoms with Gasteiger partial charge in [0.1, 0.15) is 0 Å². The van der Waals surface area contributed by atoms with Crippen LogP contribution >= 0.6 is 11.6 Å². The fraction of sp³-hybridized carbons (Fsp3) is 0.577. The van der Waals surface area contributed by atoms with E-state index in [9.17, 15) is 15.0 Å². The average Bonchev–Trinajstić information content (AvgIpc) is 3.01. The van der Waals surface area contributed by atoms with Crippen LogP contribution in [0.1, 0.15) is 56.6 Å². The first-order valence-corrected chi connectivity index (χ1v) is 12.0. The maximum absolute atomic E-state index is 10.6. The van der Waals surface area contributed by atoms with Crippen molar-refractivity contribution in [3.63, 3.8) is 0 Å². The van der Waals surface area contributed by atoms with Gasteiger partial charge >= 0.3 is 5.97 Å². The number of aliphatic carboxylic acids is 1. The highest BCUT2D eigenvalue weighted by Gasteiger charge is 2.39. The minimum absolute atomic E-state index is 0.0879. The lowest BCUT2D eigenvalue weighted by Crippen LogP contribution is -2.19. The summed E-state index contributed by atoms with van der Waals surface area (Å²) in [5.41, 5.74) is 2.14. The zero-order valence-electron chi connectivity index (χ0n) is 18.9. The Labute approximate surface area is 196 Å². The van der Waals surface area contributed by atoms with Crippen LogP contribution in [0.25, 0.3) is 0 Å². The van der Waals surface area contributed by atoms with Crippen LogP contribution in [0.3, 0.4) is 0 Å². The molecule has 0 saturated heterocycles. The molecule has 178 valence electrons. The van der Waals surface area contributed by atoms with Gasteiger partial charge in [0.2, 0.25) is 0 Å². The number of carboxylic acid groups (broad SMARTS) is 1. The number of carbonyl (C=O) groups is 1. The Balaban J connectivity index is 1.88. The van der Waals surface area contributed by atoms with Crippen LogP contribution in [0.2, 0.25) is 0 Å². The zero-order valence-corrected chi connectivity index (χ0v) is 19.7. The van der Waals surface area contributed by atoms with E-state index < -0.39 is 18.2 Å². The van der Waals surface area contributed by atoms with Gasteiger partial charge in [0, 0.05) is 30.7 Å². The van der Waals surface area contributed by atoms with Crippen molar-refractivity contribution in [2.24, 2.45) is 11.8 Å². The highest BCUT2D eigenvalue weighted by Crippen LogP contribution is 2.39. The fourth-order valence-electron chi connectivity index (χ4n) is 4.15. The fourth-order valence-corrected chi connectivity index (χ4v) is 4.61. The number of ether oxygens (including phenoxy) is 1. The minimum atomic E-state index is -0.779. The molecule has 1 fully saturated rings. The van der Waals surface area contributed by atoms with Gasteiger partial charge in [0.05, 0.1) is 18.8 Å². The molecule has 0 radical (unpaired) electrons. The van der Waals surface area contributed by atoms with Crippen LogP contribution in [0.15, 0.2) is 48.6 Å². The summed E-state index contributed by atoms with van der Waals surface area (Å²) in [6, 6.07) is 8.06. The van der Waals surface area contributed by atoms with E-state index in [0.717, 1.165) is 37.0 Å². The number of hydrogen-bond acceptors (Lipinski definition) is 4. The van der Waals surface area contributed by atoms with E-state index in [4.69, 9.17) is 21.4 Å². The highest BCUT2D eigenvalue weighted by molar-refractivity contribution is 6.21. The summed E-state index contributed by atoms with van der Waals surface area (Å²) < 4.78 is 5.59. The van der Waals surface area contributed by atoms with Crippen molar-refractivity contribution in [3.8, 4) is 0 Å². The molecule has 1 aliphatic carbocycles. The molecule has 2 rings (SSSR count). The smallest absolute Gasteiger partial charge is 0.303 e. The molecule has 0 aliphatic heterocycles. The summed E-state index contributed by atoms with van der Waals surface area (Å²) in [5.74, 6) is -0.798. The summed E-state index contributed by atoms with van der Waals surface area (Å²) in [7, 11) is 0. The van der Waals surface area contributed by atoms with Crippen molar-refractivity contribution < 1.29 is 24.9 Å². The molecule has 1 aromatic carbocycles. The van der Waals surface area contributed by atoms with E-state index in [1.54, 1.807) is 6.08 Å². The van der Waals surface area contributed by atoms with Crippen molar-refractivity contribution in [3.05, 3.63) is 59.7 Å². The number of unbranched alkanes of at least 4 members (excludes halogenated alkanes) is 1. The quantitative estimate of drug-likeness (QED) is 0.207. The second kappa shape index (κ2) is 14.5. The third-order valence-corrected chi connectivity index (χ3v) is 6.32. The molecule has 1 aromatic rings. The second-order valence-electron chi connectivity index (χ2n) is 8.58. The Kier molecular flexibility index (Phi) is 12.0. The van der Waals surface area contributed by atoms with Crippen LogP contribution in [0.5, 0.6) is 0 Å². The maximum atomic E-state index is 10.6. The molecule has 5 nitrogen and oxygen atoms in total. The number of rotatable bonds is 14. The summed E-state index contributed by atoms with van der Waals surface area (Å²) in [5, 5.41) is 29.6. The number of carboxylic acids is 1. The minimum Gasteiger partial charge on any atom is -0.481 e. The number of aliphatic hydroxyl groups is 2. The molecule has 1 saturated carbocycles. The predicted molar refractivity (Wildman–Crippen MR) is 128 cm³/mol. The first kappa shape index (κ1) is 26.6. The number of allylic oxidation sites excluding steroid dienone is 2. The van der Waals surface area contributed by atoms with Crippen LogP contribution < -0.4 is 0 Å². The SMILES string of the molecule is CCCOCc1cccc(CC(O)/C=C/[C@@H]2[C@@H](C/C=C\CCCC(=O)O)[C@H](Cl)C[C@H]2O)c1. The van der Waals surface area contributed by atoms with Crippen LogP contribution in [0, 0.1) is 11.8 Å². The summed E-state index contributed by atoms with van der Waals surface area (Å²) in [6.45, 7) is 3.39. The highest BCUT2D eigenvalue weighted by atomic mass is 35.5. The van der Waals surface area contributed by atoms with Gasteiger partial charge in [0.15, 0.2) is 0 Å². The van der Waals surface area contributed by atoms with E-state index in [1.165, 1.54) is 0 Å². The third kappa shape index (κ3) is 9.45. The molecule has 0 bridgehead atoms. The van der Waals surface area contributed by atoms with Crippen molar-refractivity contribution in [2.45, 2.75) is 76.1 Å². The summed E-state index contributed by atoms with van der Waals surface area (Å²) in [4.78, 5) is 10.6. The molecular formula is C26H37ClO5. The lowest BCUT2D eigenvalue weighted by atomic mass is 9.90. The molecule has 0 aromatic heterocycles. The van der Waals surface area contributed by atoms with E-state index in [0.29, 0.717) is 25.9 Å². The predicted octanol–water partition coefficient (Wildman–Crippen LogP) is 4.88. The molecule has 0 spiro atoms. The molecule has 0 heterocycles. The standard InChI is InChI=1S/C26H37ClO5/c1-2-14-32-18-20-9-7-8-19(15-20)16-21(28)12-13-23-22(24(27)17-25(23)29)10-5-3-4-6-11-26(30)31/h3,5,7-9,12-13,15,21-25,28-29H,2,4,6,10-11,14,16-18H2,1H3,(H,30,31)/b5-3-,13-12+/t21?,22-,23-,24-,25-/m1/s1. The van der Waals surface area contributed by atoms with Gasteiger partial charge in [-0.15, -0.1) is 11.6 Å². The number of aliphatic hydroxyl groups excluding tert-OH is 2. The van der Waals surface area contributed by atoms with Gasteiger partial charge < -0.3 is 20.1 Å². The largest absolute Gasteiger partial charge is 0.481 e. The third-order valence-electron chi connectivity index (χ3n) is 5.82. The molecule has 1 aliphatic rings. The molecule has 3 N–H and O–H groups in total. The van der Waals surface area contributed by atoms with Gasteiger partial charge in [-0.1, -0.05) is 55.5 Å². The lowest BCUT2D eigenvalue weighted by Gasteiger charge is -2.19. The Bertz CT molecular complexity index is 747. The molecular weight excluding hydrogens is 428 g/mol. The molecule has 32 heavy (non-hydrogen) atoms. The normalized spacial score (nSPS) is 24.5.